The van der Waals surface area contributed by atoms with Gasteiger partial charge in [0, 0.05) is 28.4 Å². The van der Waals surface area contributed by atoms with E-state index in [0.29, 0.717) is 40.7 Å². The number of aryl methyl sites for hydroxylation is 2. The number of nitrogens with one attached hydrogen (secondary N) is 1. The maximum absolute atomic E-state index is 8.65. The van der Waals surface area contributed by atoms with Crippen LogP contribution in [-0.2, 0) is 6.61 Å². The zero-order valence-electron chi connectivity index (χ0n) is 16.9. The number of benzene rings is 2. The van der Waals surface area contributed by atoms with Crippen molar-refractivity contribution in [1.29, 1.82) is 5.41 Å². The molecular formula is C22H24N4O3. The fraction of sp³-hybridized carbons (Fsp3) is 0.227. The van der Waals surface area contributed by atoms with E-state index in [-0.39, 0.29) is 5.71 Å². The lowest BCUT2D eigenvalue weighted by atomic mass is 10.00. The molecule has 0 fully saturated rings. The highest BCUT2D eigenvalue weighted by molar-refractivity contribution is 6.14. The summed E-state index contributed by atoms with van der Waals surface area (Å²) in [6, 6.07) is 10.6. The fourth-order valence-electron chi connectivity index (χ4n) is 2.95. The third-order valence-electron chi connectivity index (χ3n) is 4.69. The van der Waals surface area contributed by atoms with Gasteiger partial charge in [-0.05, 0) is 49.7 Å². The second-order valence-electron chi connectivity index (χ2n) is 6.61. The highest BCUT2D eigenvalue weighted by atomic mass is 16.5. The van der Waals surface area contributed by atoms with Crippen LogP contribution in [0, 0.1) is 19.3 Å². The van der Waals surface area contributed by atoms with Gasteiger partial charge in [-0.15, -0.1) is 0 Å². The van der Waals surface area contributed by atoms with Crippen molar-refractivity contribution in [3.05, 3.63) is 70.5 Å². The molecule has 29 heavy (non-hydrogen) atoms. The van der Waals surface area contributed by atoms with Gasteiger partial charge >= 0.3 is 0 Å². The highest BCUT2D eigenvalue weighted by Crippen LogP contribution is 2.28. The first kappa shape index (κ1) is 20.1. The second kappa shape index (κ2) is 8.60. The minimum absolute atomic E-state index is 0.253. The Hall–Kier alpha value is -3.61. The molecule has 3 rings (SSSR count). The summed E-state index contributed by atoms with van der Waals surface area (Å²) in [4.78, 5) is 0. The predicted molar refractivity (Wildman–Crippen MR) is 112 cm³/mol. The minimum atomic E-state index is 0.253. The Kier molecular flexibility index (Phi) is 5.97. The first-order chi connectivity index (χ1) is 13.9. The molecule has 0 aliphatic rings. The number of methoxy groups -OCH3 is 2. The number of nitrogens with two attached hydrogens (primary N) is 1. The number of anilines is 1. The Bertz CT molecular complexity index is 1010. The smallest absolute Gasteiger partial charge is 0.123 e. The summed E-state index contributed by atoms with van der Waals surface area (Å²) < 4.78 is 16.6. The Morgan fingerprint density at radius 3 is 2.31 bits per heavy atom. The van der Waals surface area contributed by atoms with Gasteiger partial charge in [-0.25, -0.2) is 0 Å². The lowest BCUT2D eigenvalue weighted by Crippen LogP contribution is -2.08. The van der Waals surface area contributed by atoms with Crippen molar-refractivity contribution >= 4 is 11.4 Å². The molecule has 0 bridgehead atoms. The molecule has 0 atom stereocenters. The van der Waals surface area contributed by atoms with Gasteiger partial charge in [-0.3, -0.25) is 5.41 Å². The zero-order valence-corrected chi connectivity index (χ0v) is 16.9. The quantitative estimate of drug-likeness (QED) is 0.469. The van der Waals surface area contributed by atoms with Crippen molar-refractivity contribution in [2.45, 2.75) is 20.5 Å². The predicted octanol–water partition coefficient (Wildman–Crippen LogP) is 3.69. The zero-order chi connectivity index (χ0) is 21.0. The molecule has 1 heterocycles. The third kappa shape index (κ3) is 4.45. The average molecular weight is 392 g/mol. The number of nitrogens with zero attached hydrogens (tertiary/aromatic N) is 2. The molecule has 1 aromatic heterocycles. The molecule has 0 spiro atoms. The number of hydrogen-bond acceptors (Lipinski definition) is 7. The molecule has 7 nitrogen and oxygen atoms in total. The molecule has 0 amide bonds. The summed E-state index contributed by atoms with van der Waals surface area (Å²) in [6.45, 7) is 4.23. The van der Waals surface area contributed by atoms with Gasteiger partial charge < -0.3 is 19.9 Å². The fourth-order valence-corrected chi connectivity index (χ4v) is 2.95. The van der Waals surface area contributed by atoms with Crippen LogP contribution in [0.5, 0.6) is 17.2 Å². The molecule has 0 aliphatic heterocycles. The normalized spacial score (nSPS) is 10.5. The van der Waals surface area contributed by atoms with Gasteiger partial charge in [-0.1, -0.05) is 0 Å². The topological polar surface area (TPSA) is 103 Å². The Balaban J connectivity index is 1.88. The summed E-state index contributed by atoms with van der Waals surface area (Å²) >= 11 is 0. The van der Waals surface area contributed by atoms with Crippen LogP contribution < -0.4 is 19.9 Å². The van der Waals surface area contributed by atoms with E-state index in [1.165, 1.54) is 0 Å². The van der Waals surface area contributed by atoms with E-state index in [1.54, 1.807) is 56.8 Å². The summed E-state index contributed by atoms with van der Waals surface area (Å²) in [5.74, 6) is 1.82. The monoisotopic (exact) mass is 392 g/mol. The average Bonchev–Trinajstić information content (AvgIpc) is 2.73. The van der Waals surface area contributed by atoms with E-state index in [4.69, 9.17) is 25.4 Å². The van der Waals surface area contributed by atoms with E-state index < -0.39 is 0 Å². The summed E-state index contributed by atoms with van der Waals surface area (Å²) in [6.07, 6.45) is 1.71. The van der Waals surface area contributed by atoms with Crippen LogP contribution in [0.25, 0.3) is 0 Å². The number of nitrogen functional groups attached to an aromatic ring is 1. The molecule has 0 aliphatic carbocycles. The molecule has 3 N–H and O–H groups in total. The van der Waals surface area contributed by atoms with Crippen molar-refractivity contribution in [1.82, 2.24) is 10.2 Å². The molecule has 2 aromatic carbocycles. The first-order valence-electron chi connectivity index (χ1n) is 9.05. The largest absolute Gasteiger partial charge is 0.497 e. The van der Waals surface area contributed by atoms with Crippen molar-refractivity contribution in [3.63, 3.8) is 0 Å². The van der Waals surface area contributed by atoms with E-state index >= 15 is 0 Å². The van der Waals surface area contributed by atoms with Crippen molar-refractivity contribution in [3.8, 4) is 17.2 Å². The second-order valence-corrected chi connectivity index (χ2v) is 6.61. The summed E-state index contributed by atoms with van der Waals surface area (Å²) in [5, 5.41) is 16.7. The highest BCUT2D eigenvalue weighted by Gasteiger charge is 2.14. The molecule has 0 saturated carbocycles. The van der Waals surface area contributed by atoms with Crippen LogP contribution in [0.1, 0.15) is 27.9 Å². The summed E-state index contributed by atoms with van der Waals surface area (Å²) in [7, 11) is 3.14. The SMILES string of the molecule is COc1cc(OC)cc(C(=N)c2cc(OCc3c(C)cnnc3C)ccc2N)c1. The number of hydrogen-bond donors (Lipinski definition) is 2. The number of ether oxygens (including phenoxy) is 3. The van der Waals surface area contributed by atoms with Crippen LogP contribution in [0.4, 0.5) is 5.69 Å². The molecule has 150 valence electrons. The van der Waals surface area contributed by atoms with Gasteiger partial charge in [0.1, 0.15) is 23.9 Å². The summed E-state index contributed by atoms with van der Waals surface area (Å²) in [5.41, 5.74) is 10.9. The van der Waals surface area contributed by atoms with E-state index in [9.17, 15) is 0 Å². The van der Waals surface area contributed by atoms with Gasteiger partial charge in [0.15, 0.2) is 0 Å². The van der Waals surface area contributed by atoms with Crippen LogP contribution in [-0.4, -0.2) is 30.1 Å². The lowest BCUT2D eigenvalue weighted by Gasteiger charge is -2.14. The molecule has 0 saturated heterocycles. The van der Waals surface area contributed by atoms with Crippen LogP contribution in [0.2, 0.25) is 0 Å². The molecule has 3 aromatic rings. The molecule has 7 heteroatoms. The van der Waals surface area contributed by atoms with Crippen molar-refractivity contribution < 1.29 is 14.2 Å². The standard InChI is InChI=1S/C22H24N4O3/c1-13-11-25-26-14(2)20(13)12-29-16-5-6-21(23)19(10-16)22(24)15-7-17(27-3)9-18(8-15)28-4/h5-11,24H,12,23H2,1-4H3. The minimum Gasteiger partial charge on any atom is -0.497 e. The van der Waals surface area contributed by atoms with E-state index in [1.807, 2.05) is 13.8 Å². The van der Waals surface area contributed by atoms with Gasteiger partial charge in [0.25, 0.3) is 0 Å². The maximum Gasteiger partial charge on any atom is 0.123 e. The molecule has 0 radical (unpaired) electrons. The maximum atomic E-state index is 8.65. The van der Waals surface area contributed by atoms with Crippen molar-refractivity contribution in [2.75, 3.05) is 20.0 Å². The third-order valence-corrected chi connectivity index (χ3v) is 4.69. The Morgan fingerprint density at radius 1 is 1.00 bits per heavy atom. The lowest BCUT2D eigenvalue weighted by molar-refractivity contribution is 0.303. The first-order valence-corrected chi connectivity index (χ1v) is 9.05. The van der Waals surface area contributed by atoms with E-state index in [2.05, 4.69) is 10.2 Å². The van der Waals surface area contributed by atoms with Crippen LogP contribution in [0.15, 0.2) is 42.6 Å². The Morgan fingerprint density at radius 2 is 1.69 bits per heavy atom. The number of aromatic nitrogens is 2. The van der Waals surface area contributed by atoms with Crippen LogP contribution >= 0.6 is 0 Å². The number of rotatable bonds is 7. The van der Waals surface area contributed by atoms with Gasteiger partial charge in [0.2, 0.25) is 0 Å². The Labute approximate surface area is 170 Å². The molecular weight excluding hydrogens is 368 g/mol. The van der Waals surface area contributed by atoms with Gasteiger partial charge in [-0.2, -0.15) is 10.2 Å². The molecule has 0 unspecified atom stereocenters. The van der Waals surface area contributed by atoms with Crippen molar-refractivity contribution in [2.24, 2.45) is 0 Å². The van der Waals surface area contributed by atoms with Crippen LogP contribution in [0.3, 0.4) is 0 Å². The van der Waals surface area contributed by atoms with E-state index in [0.717, 1.165) is 16.8 Å². The van der Waals surface area contributed by atoms with Gasteiger partial charge in [0.05, 0.1) is 31.8 Å².